The standard InChI is InChI=1S/C18H26O9/c1-25-17(23)13-7-9(3-5-11(13)15(19)20)27-10-4-6-12(16(21)22)14(8-10)18(24)26-2/h9-14H,3-8H2,1-2H3,(H,19,20)(H,21,22). The molecule has 2 N–H and O–H groups in total. The van der Waals surface area contributed by atoms with Crippen LogP contribution in [0.1, 0.15) is 38.5 Å². The van der Waals surface area contributed by atoms with E-state index in [9.17, 15) is 29.4 Å². The van der Waals surface area contributed by atoms with Gasteiger partial charge in [0.1, 0.15) is 0 Å². The summed E-state index contributed by atoms with van der Waals surface area (Å²) >= 11 is 0. The van der Waals surface area contributed by atoms with Crippen molar-refractivity contribution in [2.24, 2.45) is 23.7 Å². The van der Waals surface area contributed by atoms with Gasteiger partial charge in [-0.2, -0.15) is 0 Å². The lowest BCUT2D eigenvalue weighted by Gasteiger charge is -2.37. The molecule has 2 saturated carbocycles. The molecule has 27 heavy (non-hydrogen) atoms. The zero-order valence-electron chi connectivity index (χ0n) is 15.5. The van der Waals surface area contributed by atoms with Crippen molar-refractivity contribution in [1.82, 2.24) is 0 Å². The second-order valence-corrected chi connectivity index (χ2v) is 7.15. The van der Waals surface area contributed by atoms with Crippen molar-refractivity contribution in [3.63, 3.8) is 0 Å². The molecule has 0 bridgehead atoms. The van der Waals surface area contributed by atoms with Crippen LogP contribution in [0.2, 0.25) is 0 Å². The molecule has 6 unspecified atom stereocenters. The lowest BCUT2D eigenvalue weighted by Crippen LogP contribution is -2.43. The van der Waals surface area contributed by atoms with Crippen molar-refractivity contribution >= 4 is 23.9 Å². The highest BCUT2D eigenvalue weighted by molar-refractivity contribution is 5.82. The molecule has 2 rings (SSSR count). The van der Waals surface area contributed by atoms with Gasteiger partial charge in [-0.1, -0.05) is 0 Å². The number of carboxylic acids is 2. The van der Waals surface area contributed by atoms with Crippen molar-refractivity contribution in [3.05, 3.63) is 0 Å². The highest BCUT2D eigenvalue weighted by atomic mass is 16.5. The topological polar surface area (TPSA) is 136 Å². The zero-order valence-corrected chi connectivity index (χ0v) is 15.5. The van der Waals surface area contributed by atoms with Crippen LogP contribution in [0.4, 0.5) is 0 Å². The van der Waals surface area contributed by atoms with E-state index < -0.39 is 47.5 Å². The number of hydrogen-bond donors (Lipinski definition) is 2. The summed E-state index contributed by atoms with van der Waals surface area (Å²) in [6.07, 6.45) is 1.33. The molecule has 0 aliphatic heterocycles. The molecule has 0 heterocycles. The van der Waals surface area contributed by atoms with E-state index in [1.54, 1.807) is 0 Å². The molecule has 0 aromatic carbocycles. The molecule has 2 aliphatic rings. The van der Waals surface area contributed by atoms with E-state index in [4.69, 9.17) is 14.2 Å². The van der Waals surface area contributed by atoms with E-state index in [1.807, 2.05) is 0 Å². The van der Waals surface area contributed by atoms with Crippen LogP contribution in [0, 0.1) is 23.7 Å². The lowest BCUT2D eigenvalue weighted by molar-refractivity contribution is -0.167. The number of carbonyl (C=O) groups excluding carboxylic acids is 2. The van der Waals surface area contributed by atoms with Crippen LogP contribution in [0.3, 0.4) is 0 Å². The molecule has 152 valence electrons. The number of ether oxygens (including phenoxy) is 3. The molecule has 9 nitrogen and oxygen atoms in total. The smallest absolute Gasteiger partial charge is 0.309 e. The van der Waals surface area contributed by atoms with Crippen molar-refractivity contribution in [2.45, 2.75) is 50.7 Å². The summed E-state index contributed by atoms with van der Waals surface area (Å²) in [7, 11) is 2.44. The van der Waals surface area contributed by atoms with E-state index in [0.717, 1.165) is 0 Å². The monoisotopic (exact) mass is 386 g/mol. The van der Waals surface area contributed by atoms with Gasteiger partial charge in [-0.25, -0.2) is 0 Å². The number of carboxylic acid groups (broad SMARTS) is 2. The van der Waals surface area contributed by atoms with Gasteiger partial charge >= 0.3 is 23.9 Å². The van der Waals surface area contributed by atoms with Gasteiger partial charge in [0.25, 0.3) is 0 Å². The third kappa shape index (κ3) is 4.97. The molecular weight excluding hydrogens is 360 g/mol. The Hall–Kier alpha value is -2.16. The molecule has 6 atom stereocenters. The molecule has 9 heteroatoms. The number of methoxy groups -OCH3 is 2. The number of aliphatic carboxylic acids is 2. The SMILES string of the molecule is COC(=O)C1CC(OC2CCC(C(=O)O)C(C(=O)OC)C2)CCC1C(=O)O. The summed E-state index contributed by atoms with van der Waals surface area (Å²) in [6.45, 7) is 0. The van der Waals surface area contributed by atoms with Gasteiger partial charge in [0.2, 0.25) is 0 Å². The fourth-order valence-corrected chi connectivity index (χ4v) is 4.20. The Morgan fingerprint density at radius 3 is 1.33 bits per heavy atom. The van der Waals surface area contributed by atoms with Crippen molar-refractivity contribution in [1.29, 1.82) is 0 Å². The molecule has 2 fully saturated rings. The van der Waals surface area contributed by atoms with Crippen LogP contribution in [0.5, 0.6) is 0 Å². The Morgan fingerprint density at radius 1 is 0.667 bits per heavy atom. The molecule has 0 aromatic rings. The average Bonchev–Trinajstić information content (AvgIpc) is 2.66. The molecule has 0 saturated heterocycles. The number of rotatable bonds is 6. The maximum absolute atomic E-state index is 12.0. The van der Waals surface area contributed by atoms with E-state index in [2.05, 4.69) is 0 Å². The molecular formula is C18H26O9. The first kappa shape index (κ1) is 21.1. The molecule has 0 spiro atoms. The number of carbonyl (C=O) groups is 4. The second-order valence-electron chi connectivity index (χ2n) is 7.15. The average molecular weight is 386 g/mol. The van der Waals surface area contributed by atoms with E-state index in [1.165, 1.54) is 14.2 Å². The van der Waals surface area contributed by atoms with Gasteiger partial charge in [0.05, 0.1) is 50.1 Å². The Labute approximate surface area is 157 Å². The number of esters is 2. The van der Waals surface area contributed by atoms with Crippen LogP contribution in [-0.2, 0) is 33.4 Å². The minimum Gasteiger partial charge on any atom is -0.481 e. The van der Waals surface area contributed by atoms with Crippen LogP contribution in [0.15, 0.2) is 0 Å². The zero-order chi connectivity index (χ0) is 20.1. The summed E-state index contributed by atoms with van der Waals surface area (Å²) in [5.74, 6) is -6.37. The van der Waals surface area contributed by atoms with Gasteiger partial charge in [-0.15, -0.1) is 0 Å². The van der Waals surface area contributed by atoms with E-state index in [-0.39, 0.29) is 25.0 Å². The summed E-state index contributed by atoms with van der Waals surface area (Å²) in [4.78, 5) is 46.7. The molecule has 0 amide bonds. The Bertz CT molecular complexity index is 537. The maximum atomic E-state index is 12.0. The normalized spacial score (nSPS) is 33.7. The largest absolute Gasteiger partial charge is 0.481 e. The van der Waals surface area contributed by atoms with Crippen molar-refractivity contribution < 1.29 is 43.6 Å². The first-order chi connectivity index (χ1) is 12.8. The third-order valence-corrected chi connectivity index (χ3v) is 5.63. The van der Waals surface area contributed by atoms with E-state index in [0.29, 0.717) is 25.7 Å². The van der Waals surface area contributed by atoms with Crippen LogP contribution in [-0.4, -0.2) is 60.5 Å². The van der Waals surface area contributed by atoms with Crippen molar-refractivity contribution in [3.8, 4) is 0 Å². The van der Waals surface area contributed by atoms with Gasteiger partial charge in [0.15, 0.2) is 0 Å². The highest BCUT2D eigenvalue weighted by Crippen LogP contribution is 2.37. The summed E-state index contributed by atoms with van der Waals surface area (Å²) in [6, 6.07) is 0. The van der Waals surface area contributed by atoms with Gasteiger partial charge in [0, 0.05) is 0 Å². The minimum atomic E-state index is -1.03. The highest BCUT2D eigenvalue weighted by Gasteiger charge is 2.44. The molecule has 2 aliphatic carbocycles. The predicted octanol–water partition coefficient (Wildman–Crippen LogP) is 1.09. The maximum Gasteiger partial charge on any atom is 0.309 e. The van der Waals surface area contributed by atoms with Gasteiger partial charge in [-0.05, 0) is 38.5 Å². The second kappa shape index (κ2) is 9.16. The first-order valence-corrected chi connectivity index (χ1v) is 9.05. The van der Waals surface area contributed by atoms with Crippen LogP contribution >= 0.6 is 0 Å². The summed E-state index contributed by atoms with van der Waals surface area (Å²) in [5, 5.41) is 18.6. The molecule has 0 aromatic heterocycles. The third-order valence-electron chi connectivity index (χ3n) is 5.63. The lowest BCUT2D eigenvalue weighted by atomic mass is 9.76. The van der Waals surface area contributed by atoms with Crippen LogP contribution in [0.25, 0.3) is 0 Å². The van der Waals surface area contributed by atoms with E-state index >= 15 is 0 Å². The fraction of sp³-hybridized carbons (Fsp3) is 0.778. The summed E-state index contributed by atoms with van der Waals surface area (Å²) in [5.41, 5.74) is 0. The molecule has 0 radical (unpaired) electrons. The van der Waals surface area contributed by atoms with Gasteiger partial charge in [-0.3, -0.25) is 19.2 Å². The number of hydrogen-bond acceptors (Lipinski definition) is 7. The predicted molar refractivity (Wildman–Crippen MR) is 89.6 cm³/mol. The minimum absolute atomic E-state index is 0.228. The van der Waals surface area contributed by atoms with Gasteiger partial charge < -0.3 is 24.4 Å². The Morgan fingerprint density at radius 2 is 1.04 bits per heavy atom. The Balaban J connectivity index is 2.02. The summed E-state index contributed by atoms with van der Waals surface area (Å²) < 4.78 is 15.5. The van der Waals surface area contributed by atoms with Crippen LogP contribution < -0.4 is 0 Å². The Kier molecular flexibility index (Phi) is 7.18. The van der Waals surface area contributed by atoms with Crippen molar-refractivity contribution in [2.75, 3.05) is 14.2 Å². The first-order valence-electron chi connectivity index (χ1n) is 9.05. The fourth-order valence-electron chi connectivity index (χ4n) is 4.20. The quantitative estimate of drug-likeness (QED) is 0.643.